The number of methoxy groups -OCH3 is 2. The second-order valence-corrected chi connectivity index (χ2v) is 13.1. The average Bonchev–Trinajstić information content (AvgIpc) is 2.76. The van der Waals surface area contributed by atoms with Crippen molar-refractivity contribution >= 4 is 24.7 Å². The van der Waals surface area contributed by atoms with Crippen LogP contribution in [0, 0.1) is 5.92 Å². The zero-order valence-corrected chi connectivity index (χ0v) is 20.6. The summed E-state index contributed by atoms with van der Waals surface area (Å²) in [6.45, 7) is 9.19. The van der Waals surface area contributed by atoms with E-state index in [1.165, 1.54) is 17.5 Å². The van der Waals surface area contributed by atoms with Gasteiger partial charge in [-0.2, -0.15) is 0 Å². The zero-order chi connectivity index (χ0) is 22.9. The molecule has 31 heavy (non-hydrogen) atoms. The molecule has 0 bridgehead atoms. The molecule has 170 valence electrons. The van der Waals surface area contributed by atoms with Gasteiger partial charge in [0.15, 0.2) is 0 Å². The Hall–Kier alpha value is -1.99. The Bertz CT molecular complexity index is 749. The smallest absolute Gasteiger partial charge is 0.305 e. The highest BCUT2D eigenvalue weighted by Gasteiger charge is 2.50. The van der Waals surface area contributed by atoms with Crippen molar-refractivity contribution in [3.05, 3.63) is 60.7 Å². The molecule has 2 atom stereocenters. The summed E-state index contributed by atoms with van der Waals surface area (Å²) in [6, 6.07) is 20.9. The summed E-state index contributed by atoms with van der Waals surface area (Å²) in [6.07, 6.45) is -0.0460. The van der Waals surface area contributed by atoms with Crippen molar-refractivity contribution in [1.29, 1.82) is 0 Å². The Morgan fingerprint density at radius 3 is 1.87 bits per heavy atom. The Morgan fingerprint density at radius 2 is 1.45 bits per heavy atom. The minimum Gasteiger partial charge on any atom is -0.469 e. The number of carbonyl (C=O) groups excluding carboxylic acids is 1. The molecule has 0 spiro atoms. The number of esters is 1. The van der Waals surface area contributed by atoms with Crippen LogP contribution in [0.25, 0.3) is 0 Å². The van der Waals surface area contributed by atoms with E-state index in [0.717, 1.165) is 0 Å². The van der Waals surface area contributed by atoms with Crippen molar-refractivity contribution in [3.8, 4) is 0 Å². The van der Waals surface area contributed by atoms with Gasteiger partial charge in [0.05, 0.1) is 26.2 Å². The molecule has 6 heteroatoms. The fraction of sp³-hybridized carbons (Fsp3) is 0.480. The second-order valence-electron chi connectivity index (χ2n) is 8.84. The molecular formula is C25H36O5Si. The number of carbonyl (C=O) groups is 1. The number of hydrogen-bond acceptors (Lipinski definition) is 5. The Balaban J connectivity index is 2.45. The van der Waals surface area contributed by atoms with Gasteiger partial charge in [0.2, 0.25) is 0 Å². The molecule has 0 heterocycles. The van der Waals surface area contributed by atoms with Gasteiger partial charge in [-0.3, -0.25) is 4.79 Å². The zero-order valence-electron chi connectivity index (χ0n) is 19.6. The van der Waals surface area contributed by atoms with Gasteiger partial charge >= 0.3 is 5.97 Å². The van der Waals surface area contributed by atoms with Crippen LogP contribution in [0.3, 0.4) is 0 Å². The van der Waals surface area contributed by atoms with Gasteiger partial charge in [-0.25, -0.2) is 0 Å². The molecule has 0 unspecified atom stereocenters. The minimum atomic E-state index is -2.68. The molecule has 0 amide bonds. The van der Waals surface area contributed by atoms with Gasteiger partial charge in [-0.15, -0.1) is 0 Å². The van der Waals surface area contributed by atoms with Gasteiger partial charge in [0.1, 0.15) is 6.79 Å². The van der Waals surface area contributed by atoms with Gasteiger partial charge < -0.3 is 18.6 Å². The molecule has 0 aliphatic carbocycles. The van der Waals surface area contributed by atoms with Crippen molar-refractivity contribution < 1.29 is 23.4 Å². The van der Waals surface area contributed by atoms with E-state index in [0.29, 0.717) is 6.61 Å². The monoisotopic (exact) mass is 444 g/mol. The van der Waals surface area contributed by atoms with Crippen LogP contribution in [0.1, 0.15) is 34.1 Å². The van der Waals surface area contributed by atoms with Crippen LogP contribution in [-0.4, -0.2) is 48.0 Å². The topological polar surface area (TPSA) is 54.0 Å². The normalized spacial score (nSPS) is 14.1. The van der Waals surface area contributed by atoms with Gasteiger partial charge in [-0.1, -0.05) is 88.4 Å². The molecule has 2 aromatic rings. The van der Waals surface area contributed by atoms with E-state index in [-0.39, 0.29) is 36.2 Å². The lowest BCUT2D eigenvalue weighted by molar-refractivity contribution is -0.145. The average molecular weight is 445 g/mol. The van der Waals surface area contributed by atoms with Crippen LogP contribution in [-0.2, 0) is 23.4 Å². The van der Waals surface area contributed by atoms with Crippen LogP contribution < -0.4 is 10.4 Å². The van der Waals surface area contributed by atoms with Gasteiger partial charge in [-0.05, 0) is 21.3 Å². The summed E-state index contributed by atoms with van der Waals surface area (Å²) in [5.74, 6) is -0.343. The van der Waals surface area contributed by atoms with E-state index in [9.17, 15) is 4.79 Å². The number of hydrogen-bond donors (Lipinski definition) is 0. The predicted molar refractivity (Wildman–Crippen MR) is 126 cm³/mol. The van der Waals surface area contributed by atoms with Crippen LogP contribution in [0.2, 0.25) is 5.04 Å². The summed E-state index contributed by atoms with van der Waals surface area (Å²) in [5.41, 5.74) is 0. The largest absolute Gasteiger partial charge is 0.469 e. The third-order valence-corrected chi connectivity index (χ3v) is 10.6. The molecule has 0 aliphatic heterocycles. The molecule has 0 fully saturated rings. The summed E-state index contributed by atoms with van der Waals surface area (Å²) < 4.78 is 22.9. The van der Waals surface area contributed by atoms with Crippen LogP contribution in [0.15, 0.2) is 60.7 Å². The minimum absolute atomic E-state index is 0.0826. The van der Waals surface area contributed by atoms with Gasteiger partial charge in [0, 0.05) is 7.11 Å². The van der Waals surface area contributed by atoms with E-state index in [1.54, 1.807) is 7.11 Å². The summed E-state index contributed by atoms with van der Waals surface area (Å²) in [7, 11) is 0.308. The summed E-state index contributed by atoms with van der Waals surface area (Å²) in [5, 5.41) is 2.28. The third kappa shape index (κ3) is 6.26. The van der Waals surface area contributed by atoms with Gasteiger partial charge in [0.25, 0.3) is 8.32 Å². The fourth-order valence-corrected chi connectivity index (χ4v) is 8.55. The van der Waals surface area contributed by atoms with E-state index in [1.807, 2.05) is 19.1 Å². The lowest BCUT2D eigenvalue weighted by Crippen LogP contribution is -2.67. The molecule has 0 radical (unpaired) electrons. The number of benzene rings is 2. The maximum Gasteiger partial charge on any atom is 0.305 e. The third-order valence-electron chi connectivity index (χ3n) is 5.63. The van der Waals surface area contributed by atoms with Crippen molar-refractivity contribution in [3.63, 3.8) is 0 Å². The van der Waals surface area contributed by atoms with Crippen molar-refractivity contribution in [2.75, 3.05) is 27.6 Å². The van der Waals surface area contributed by atoms with E-state index in [4.69, 9.17) is 18.6 Å². The summed E-state index contributed by atoms with van der Waals surface area (Å²) >= 11 is 0. The SMILES string of the molecule is COCO[C@H](CO[Si](c1ccccc1)(c1ccccc1)C(C)(C)C)[C@@H](C)CC(=O)OC. The quantitative estimate of drug-likeness (QED) is 0.300. The van der Waals surface area contributed by atoms with Crippen molar-refractivity contribution in [1.82, 2.24) is 0 Å². The number of rotatable bonds is 11. The maximum absolute atomic E-state index is 11.9. The summed E-state index contributed by atoms with van der Waals surface area (Å²) in [4.78, 5) is 11.9. The van der Waals surface area contributed by atoms with E-state index in [2.05, 4.69) is 69.3 Å². The highest BCUT2D eigenvalue weighted by molar-refractivity contribution is 6.99. The molecule has 5 nitrogen and oxygen atoms in total. The van der Waals surface area contributed by atoms with E-state index < -0.39 is 8.32 Å². The Labute approximate surface area is 187 Å². The van der Waals surface area contributed by atoms with Crippen molar-refractivity contribution in [2.24, 2.45) is 5.92 Å². The van der Waals surface area contributed by atoms with Crippen LogP contribution >= 0.6 is 0 Å². The molecule has 2 rings (SSSR count). The first kappa shape index (κ1) is 25.3. The number of ether oxygens (including phenoxy) is 3. The first-order valence-corrected chi connectivity index (χ1v) is 12.6. The fourth-order valence-electron chi connectivity index (χ4n) is 3.98. The highest BCUT2D eigenvalue weighted by atomic mass is 28.4. The molecular weight excluding hydrogens is 408 g/mol. The molecule has 0 saturated heterocycles. The van der Waals surface area contributed by atoms with E-state index >= 15 is 0 Å². The lowest BCUT2D eigenvalue weighted by Gasteiger charge is -2.44. The first-order chi connectivity index (χ1) is 14.8. The lowest BCUT2D eigenvalue weighted by atomic mass is 10.0. The molecule has 0 aromatic heterocycles. The molecule has 0 N–H and O–H groups in total. The molecule has 0 aliphatic rings. The van der Waals surface area contributed by atoms with Crippen LogP contribution in [0.5, 0.6) is 0 Å². The first-order valence-electron chi connectivity index (χ1n) is 10.7. The van der Waals surface area contributed by atoms with Crippen LogP contribution in [0.4, 0.5) is 0 Å². The molecule has 0 saturated carbocycles. The standard InChI is InChI=1S/C25H36O5Si/c1-20(17-24(26)28-6)23(29-19-27-5)18-30-31(25(2,3)4,21-13-9-7-10-14-21)22-15-11-8-12-16-22/h7-16,20,23H,17-19H2,1-6H3/t20-,23+/m0/s1. The highest BCUT2D eigenvalue weighted by Crippen LogP contribution is 2.37. The van der Waals surface area contributed by atoms with Crippen molar-refractivity contribution in [2.45, 2.75) is 45.3 Å². The predicted octanol–water partition coefficient (Wildman–Crippen LogP) is 3.75. The Morgan fingerprint density at radius 1 is 0.935 bits per heavy atom. The molecule has 2 aromatic carbocycles. The maximum atomic E-state index is 11.9. The second kappa shape index (κ2) is 11.6. The Kier molecular flexibility index (Phi) is 9.44.